The smallest absolute Gasteiger partial charge is 0.326 e. The Balaban J connectivity index is 1.58. The summed E-state index contributed by atoms with van der Waals surface area (Å²) in [5, 5.41) is 19.8. The standard InChI is InChI=1S/C33H41N7O6/c1-3-18(2)29(40-30(42)23(34)12-13-28(35)41)32(44)38-26(14-19-16-36-24-10-6-4-8-21(19)24)31(43)39-27(33(45)46)15-20-17-37-25-11-7-5-9-22(20)25/h4-11,16-18,23,26-27,29,36-37H,3,12-15,34H2,1-2H3,(H2,35,41)(H,38,44)(H,39,43)(H,40,42)(H,45,46). The SMILES string of the molecule is CCC(C)C(NC(=O)C(N)CCC(N)=O)C(=O)NC(Cc1c[nH]c2ccccc12)C(=O)NC(Cc1c[nH]c2ccccc12)C(=O)O. The maximum absolute atomic E-state index is 13.8. The van der Waals surface area contributed by atoms with Crippen LogP contribution < -0.4 is 27.4 Å². The summed E-state index contributed by atoms with van der Waals surface area (Å²) in [7, 11) is 0. The van der Waals surface area contributed by atoms with Crippen LogP contribution in [0.25, 0.3) is 21.8 Å². The van der Waals surface area contributed by atoms with Crippen LogP contribution >= 0.6 is 0 Å². The van der Waals surface area contributed by atoms with E-state index < -0.39 is 53.8 Å². The molecule has 0 saturated carbocycles. The number of benzene rings is 2. The van der Waals surface area contributed by atoms with E-state index in [0.717, 1.165) is 27.4 Å². The van der Waals surface area contributed by atoms with E-state index in [1.54, 1.807) is 19.3 Å². The molecule has 10 N–H and O–H groups in total. The quantitative estimate of drug-likeness (QED) is 0.0911. The minimum atomic E-state index is -1.29. The molecule has 4 rings (SSSR count). The van der Waals surface area contributed by atoms with Crippen LogP contribution in [0.2, 0.25) is 0 Å². The van der Waals surface area contributed by atoms with E-state index in [1.807, 2.05) is 55.5 Å². The highest BCUT2D eigenvalue weighted by Gasteiger charge is 2.33. The average molecular weight is 632 g/mol. The van der Waals surface area contributed by atoms with E-state index in [-0.39, 0.29) is 31.6 Å². The molecule has 0 aliphatic carbocycles. The zero-order chi connectivity index (χ0) is 33.4. The first-order chi connectivity index (χ1) is 22.0. The monoisotopic (exact) mass is 631 g/mol. The highest BCUT2D eigenvalue weighted by molar-refractivity contribution is 5.95. The molecule has 4 amide bonds. The number of nitrogens with one attached hydrogen (secondary N) is 5. The van der Waals surface area contributed by atoms with Crippen molar-refractivity contribution < 1.29 is 29.1 Å². The number of aliphatic carboxylic acids is 1. The molecule has 0 fully saturated rings. The van der Waals surface area contributed by atoms with Crippen molar-refractivity contribution in [2.24, 2.45) is 17.4 Å². The second-order valence-corrected chi connectivity index (χ2v) is 11.6. The molecule has 2 aromatic heterocycles. The molecule has 0 radical (unpaired) electrons. The topological polar surface area (TPSA) is 225 Å². The lowest BCUT2D eigenvalue weighted by atomic mass is 9.96. The Labute approximate surface area is 265 Å². The van der Waals surface area contributed by atoms with E-state index in [9.17, 15) is 29.1 Å². The molecule has 13 nitrogen and oxygen atoms in total. The summed E-state index contributed by atoms with van der Waals surface area (Å²) in [5.74, 6) is -4.14. The predicted octanol–water partition coefficient (Wildman–Crippen LogP) is 1.61. The predicted molar refractivity (Wildman–Crippen MR) is 173 cm³/mol. The number of carbonyl (C=O) groups excluding carboxylic acids is 4. The van der Waals surface area contributed by atoms with Crippen LogP contribution in [0, 0.1) is 5.92 Å². The summed E-state index contributed by atoms with van der Waals surface area (Å²) in [4.78, 5) is 70.2. The Morgan fingerprint density at radius 1 is 0.783 bits per heavy atom. The second-order valence-electron chi connectivity index (χ2n) is 11.6. The molecule has 4 aromatic rings. The van der Waals surface area contributed by atoms with E-state index >= 15 is 0 Å². The molecule has 0 saturated heterocycles. The van der Waals surface area contributed by atoms with Gasteiger partial charge in [0, 0.05) is 53.5 Å². The van der Waals surface area contributed by atoms with Crippen LogP contribution in [0.3, 0.4) is 0 Å². The van der Waals surface area contributed by atoms with Gasteiger partial charge in [-0.1, -0.05) is 56.7 Å². The molecule has 2 aromatic carbocycles. The fourth-order valence-electron chi connectivity index (χ4n) is 5.38. The number of carboxylic acids is 1. The van der Waals surface area contributed by atoms with E-state index in [0.29, 0.717) is 12.0 Å². The molecule has 2 heterocycles. The molecule has 244 valence electrons. The molecular weight excluding hydrogens is 590 g/mol. The van der Waals surface area contributed by atoms with Gasteiger partial charge in [-0.2, -0.15) is 0 Å². The van der Waals surface area contributed by atoms with Gasteiger partial charge >= 0.3 is 5.97 Å². The number of amides is 4. The highest BCUT2D eigenvalue weighted by atomic mass is 16.4. The zero-order valence-corrected chi connectivity index (χ0v) is 25.8. The number of hydrogen-bond donors (Lipinski definition) is 8. The Kier molecular flexibility index (Phi) is 11.2. The number of carboxylic acid groups (broad SMARTS) is 1. The molecule has 0 aliphatic rings. The van der Waals surface area contributed by atoms with Gasteiger partial charge in [0.05, 0.1) is 6.04 Å². The van der Waals surface area contributed by atoms with Gasteiger partial charge < -0.3 is 42.5 Å². The van der Waals surface area contributed by atoms with Crippen LogP contribution in [0.15, 0.2) is 60.9 Å². The number of primary amides is 1. The molecular formula is C33H41N7O6. The number of rotatable bonds is 16. The summed E-state index contributed by atoms with van der Waals surface area (Å²) in [6.07, 6.45) is 3.93. The summed E-state index contributed by atoms with van der Waals surface area (Å²) >= 11 is 0. The van der Waals surface area contributed by atoms with Crippen molar-refractivity contribution in [1.82, 2.24) is 25.9 Å². The molecule has 0 bridgehead atoms. The highest BCUT2D eigenvalue weighted by Crippen LogP contribution is 2.21. The normalized spacial score (nSPS) is 14.6. The van der Waals surface area contributed by atoms with Crippen molar-refractivity contribution in [3.63, 3.8) is 0 Å². The van der Waals surface area contributed by atoms with Crippen molar-refractivity contribution in [3.05, 3.63) is 72.1 Å². The average Bonchev–Trinajstić information content (AvgIpc) is 3.65. The Hall–Kier alpha value is -5.17. The van der Waals surface area contributed by atoms with E-state index in [2.05, 4.69) is 25.9 Å². The van der Waals surface area contributed by atoms with Crippen LogP contribution in [-0.4, -0.2) is 68.8 Å². The first-order valence-corrected chi connectivity index (χ1v) is 15.3. The van der Waals surface area contributed by atoms with E-state index in [1.165, 1.54) is 0 Å². The lowest BCUT2D eigenvalue weighted by molar-refractivity contribution is -0.142. The first-order valence-electron chi connectivity index (χ1n) is 15.3. The molecule has 46 heavy (non-hydrogen) atoms. The number of carbonyl (C=O) groups is 5. The van der Waals surface area contributed by atoms with Crippen molar-refractivity contribution in [1.29, 1.82) is 0 Å². The summed E-state index contributed by atoms with van der Waals surface area (Å²) < 4.78 is 0. The zero-order valence-electron chi connectivity index (χ0n) is 25.8. The van der Waals surface area contributed by atoms with Crippen molar-refractivity contribution in [2.75, 3.05) is 0 Å². The third kappa shape index (κ3) is 8.30. The molecule has 0 aliphatic heterocycles. The van der Waals surface area contributed by atoms with Gasteiger partial charge in [0.15, 0.2) is 0 Å². The first kappa shape index (κ1) is 33.7. The lowest BCUT2D eigenvalue weighted by Crippen LogP contribution is -2.59. The fourth-order valence-corrected chi connectivity index (χ4v) is 5.38. The third-order valence-corrected chi connectivity index (χ3v) is 8.28. The third-order valence-electron chi connectivity index (χ3n) is 8.28. The van der Waals surface area contributed by atoms with Gasteiger partial charge in [0.25, 0.3) is 0 Å². The number of para-hydroxylation sites is 2. The maximum atomic E-state index is 13.8. The maximum Gasteiger partial charge on any atom is 0.326 e. The largest absolute Gasteiger partial charge is 0.480 e. The van der Waals surface area contributed by atoms with Crippen molar-refractivity contribution in [3.8, 4) is 0 Å². The van der Waals surface area contributed by atoms with Gasteiger partial charge in [0.1, 0.15) is 18.1 Å². The van der Waals surface area contributed by atoms with Crippen molar-refractivity contribution in [2.45, 2.75) is 70.1 Å². The summed E-state index contributed by atoms with van der Waals surface area (Å²) in [6, 6.07) is 10.3. The molecule has 5 atom stereocenters. The van der Waals surface area contributed by atoms with Crippen LogP contribution in [0.4, 0.5) is 0 Å². The Morgan fingerprint density at radius 3 is 1.83 bits per heavy atom. The van der Waals surface area contributed by atoms with Crippen LogP contribution in [-0.2, 0) is 36.8 Å². The lowest BCUT2D eigenvalue weighted by Gasteiger charge is -2.28. The Bertz CT molecular complexity index is 1710. The minimum Gasteiger partial charge on any atom is -0.480 e. The second kappa shape index (κ2) is 15.2. The van der Waals surface area contributed by atoms with Crippen molar-refractivity contribution >= 4 is 51.4 Å². The number of aromatic amines is 2. The van der Waals surface area contributed by atoms with Crippen LogP contribution in [0.5, 0.6) is 0 Å². The Morgan fingerprint density at radius 2 is 1.30 bits per heavy atom. The van der Waals surface area contributed by atoms with Gasteiger partial charge in [-0.05, 0) is 35.6 Å². The van der Waals surface area contributed by atoms with Crippen LogP contribution in [0.1, 0.15) is 44.2 Å². The van der Waals surface area contributed by atoms with Gasteiger partial charge in [-0.3, -0.25) is 19.2 Å². The number of H-pyrrole nitrogens is 2. The summed E-state index contributed by atoms with van der Waals surface area (Å²) in [6.45, 7) is 3.62. The number of hydrogen-bond acceptors (Lipinski definition) is 6. The number of fused-ring (bicyclic) bond motifs is 2. The molecule has 13 heteroatoms. The number of nitrogens with two attached hydrogens (primary N) is 2. The van der Waals surface area contributed by atoms with Gasteiger partial charge in [-0.15, -0.1) is 0 Å². The van der Waals surface area contributed by atoms with Gasteiger partial charge in [-0.25, -0.2) is 4.79 Å². The fraction of sp³-hybridized carbons (Fsp3) is 0.364. The number of aromatic nitrogens is 2. The van der Waals surface area contributed by atoms with Gasteiger partial charge in [0.2, 0.25) is 23.6 Å². The van der Waals surface area contributed by atoms with E-state index in [4.69, 9.17) is 11.5 Å². The summed E-state index contributed by atoms with van der Waals surface area (Å²) in [5.41, 5.74) is 14.2. The molecule has 0 spiro atoms. The minimum absolute atomic E-state index is 0.00752. The molecule has 5 unspecified atom stereocenters.